The summed E-state index contributed by atoms with van der Waals surface area (Å²) in [6.07, 6.45) is 10.1. The van der Waals surface area contributed by atoms with E-state index >= 15 is 0 Å². The molecule has 2 aliphatic rings. The average Bonchev–Trinajstić information content (AvgIpc) is 2.54. The molecule has 0 radical (unpaired) electrons. The Hall–Kier alpha value is -1.35. The van der Waals surface area contributed by atoms with Gasteiger partial charge in [-0.15, -0.1) is 0 Å². The Balaban J connectivity index is 1.63. The van der Waals surface area contributed by atoms with Crippen LogP contribution in [0.5, 0.6) is 0 Å². The van der Waals surface area contributed by atoms with Gasteiger partial charge in [0, 0.05) is 18.2 Å². The van der Waals surface area contributed by atoms with Gasteiger partial charge in [-0.2, -0.15) is 0 Å². The maximum Gasteiger partial charge on any atom is 0.251 e. The van der Waals surface area contributed by atoms with Crippen LogP contribution >= 0.6 is 0 Å². The number of carbonyl (C=O) groups excluding carboxylic acids is 1. The van der Waals surface area contributed by atoms with Gasteiger partial charge in [-0.1, -0.05) is 44.2 Å². The van der Waals surface area contributed by atoms with Crippen molar-refractivity contribution in [1.29, 1.82) is 0 Å². The molecular weight excluding hydrogens is 260 g/mol. The summed E-state index contributed by atoms with van der Waals surface area (Å²) in [6, 6.07) is 6.27. The van der Waals surface area contributed by atoms with Crippen LogP contribution < -0.4 is 11.1 Å². The summed E-state index contributed by atoms with van der Waals surface area (Å²) in [7, 11) is 0. The number of benzene rings is 1. The fourth-order valence-electron chi connectivity index (χ4n) is 3.72. The van der Waals surface area contributed by atoms with Gasteiger partial charge in [-0.3, -0.25) is 4.79 Å². The highest BCUT2D eigenvalue weighted by Crippen LogP contribution is 2.30. The van der Waals surface area contributed by atoms with Crippen LogP contribution in [-0.4, -0.2) is 12.5 Å². The Bertz CT molecular complexity index is 506. The molecule has 114 valence electrons. The second kappa shape index (κ2) is 6.61. The second-order valence-electron chi connectivity index (χ2n) is 6.61. The Kier molecular flexibility index (Phi) is 4.59. The number of hydrogen-bond donors (Lipinski definition) is 2. The van der Waals surface area contributed by atoms with Crippen LogP contribution in [0.25, 0.3) is 0 Å². The van der Waals surface area contributed by atoms with Crippen LogP contribution in [0.15, 0.2) is 18.2 Å². The summed E-state index contributed by atoms with van der Waals surface area (Å²) in [5.74, 6) is 0.920. The SMILES string of the molecule is NC(CCC1CCCCC1)c1ccc2c(c1)C(=O)NCC2. The number of carbonyl (C=O) groups is 1. The predicted molar refractivity (Wildman–Crippen MR) is 85.2 cm³/mol. The minimum Gasteiger partial charge on any atom is -0.352 e. The largest absolute Gasteiger partial charge is 0.352 e. The molecule has 21 heavy (non-hydrogen) atoms. The fourth-order valence-corrected chi connectivity index (χ4v) is 3.72. The van der Waals surface area contributed by atoms with Gasteiger partial charge in [-0.05, 0) is 42.4 Å². The van der Waals surface area contributed by atoms with Crippen LogP contribution in [0.3, 0.4) is 0 Å². The highest BCUT2D eigenvalue weighted by Gasteiger charge is 2.19. The maximum atomic E-state index is 11.9. The molecule has 1 atom stereocenters. The number of nitrogens with one attached hydrogen (secondary N) is 1. The fraction of sp³-hybridized carbons (Fsp3) is 0.611. The molecule has 1 saturated carbocycles. The van der Waals surface area contributed by atoms with Crippen LogP contribution in [-0.2, 0) is 6.42 Å². The van der Waals surface area contributed by atoms with Crippen LogP contribution in [0.4, 0.5) is 0 Å². The molecule has 1 aliphatic carbocycles. The molecule has 0 aromatic heterocycles. The zero-order chi connectivity index (χ0) is 14.7. The Labute approximate surface area is 127 Å². The Morgan fingerprint density at radius 2 is 2.05 bits per heavy atom. The van der Waals surface area contributed by atoms with Crippen molar-refractivity contribution in [2.45, 2.75) is 57.4 Å². The van der Waals surface area contributed by atoms with Gasteiger partial charge in [0.1, 0.15) is 0 Å². The van der Waals surface area contributed by atoms with Crippen molar-refractivity contribution < 1.29 is 4.79 Å². The number of hydrogen-bond acceptors (Lipinski definition) is 2. The lowest BCUT2D eigenvalue weighted by molar-refractivity contribution is 0.0946. The lowest BCUT2D eigenvalue weighted by Gasteiger charge is -2.24. The van der Waals surface area contributed by atoms with E-state index in [1.54, 1.807) is 0 Å². The van der Waals surface area contributed by atoms with Crippen molar-refractivity contribution in [2.75, 3.05) is 6.54 Å². The predicted octanol–water partition coefficient (Wildman–Crippen LogP) is 3.33. The maximum absolute atomic E-state index is 11.9. The number of fused-ring (bicyclic) bond motifs is 1. The lowest BCUT2D eigenvalue weighted by atomic mass is 9.84. The molecule has 1 unspecified atom stereocenters. The van der Waals surface area contributed by atoms with Gasteiger partial charge >= 0.3 is 0 Å². The first-order chi connectivity index (χ1) is 10.2. The van der Waals surface area contributed by atoms with Gasteiger partial charge in [-0.25, -0.2) is 0 Å². The minimum atomic E-state index is 0.0533. The zero-order valence-electron chi connectivity index (χ0n) is 12.7. The van der Waals surface area contributed by atoms with Crippen molar-refractivity contribution in [2.24, 2.45) is 11.7 Å². The molecule has 1 amide bonds. The van der Waals surface area contributed by atoms with Crippen LogP contribution in [0.1, 0.15) is 72.5 Å². The summed E-state index contributed by atoms with van der Waals surface area (Å²) in [5, 5.41) is 2.91. The molecule has 3 rings (SSSR count). The summed E-state index contributed by atoms with van der Waals surface area (Å²) in [4.78, 5) is 11.9. The van der Waals surface area contributed by atoms with Crippen LogP contribution in [0.2, 0.25) is 0 Å². The number of nitrogens with two attached hydrogens (primary N) is 1. The molecule has 1 fully saturated rings. The van der Waals surface area contributed by atoms with E-state index in [9.17, 15) is 4.79 Å². The van der Waals surface area contributed by atoms with Crippen LogP contribution in [0, 0.1) is 5.92 Å². The van der Waals surface area contributed by atoms with Gasteiger partial charge < -0.3 is 11.1 Å². The second-order valence-corrected chi connectivity index (χ2v) is 6.61. The van der Waals surface area contributed by atoms with Gasteiger partial charge in [0.25, 0.3) is 5.91 Å². The number of amides is 1. The Morgan fingerprint density at radius 3 is 2.86 bits per heavy atom. The minimum absolute atomic E-state index is 0.0533. The van der Waals surface area contributed by atoms with E-state index in [0.717, 1.165) is 42.0 Å². The quantitative estimate of drug-likeness (QED) is 0.892. The normalized spacial score (nSPS) is 20.7. The van der Waals surface area contributed by atoms with Gasteiger partial charge in [0.2, 0.25) is 0 Å². The van der Waals surface area contributed by atoms with E-state index in [4.69, 9.17) is 5.73 Å². The zero-order valence-corrected chi connectivity index (χ0v) is 12.7. The van der Waals surface area contributed by atoms with Crippen molar-refractivity contribution in [3.63, 3.8) is 0 Å². The topological polar surface area (TPSA) is 55.1 Å². The molecule has 3 nitrogen and oxygen atoms in total. The molecule has 1 aromatic rings. The standard InChI is InChI=1S/C18H26N2O/c19-17(9-6-13-4-2-1-3-5-13)15-8-7-14-10-11-20-18(21)16(14)12-15/h7-8,12-13,17H,1-6,9-11,19H2,(H,20,21). The van der Waals surface area contributed by atoms with Crippen molar-refractivity contribution in [1.82, 2.24) is 5.32 Å². The molecule has 1 aliphatic heterocycles. The summed E-state index contributed by atoms with van der Waals surface area (Å²) in [5.41, 5.74) is 9.45. The van der Waals surface area contributed by atoms with Crippen molar-refractivity contribution in [3.8, 4) is 0 Å². The smallest absolute Gasteiger partial charge is 0.251 e. The molecule has 0 spiro atoms. The highest BCUT2D eigenvalue weighted by atomic mass is 16.1. The highest BCUT2D eigenvalue weighted by molar-refractivity contribution is 5.96. The van der Waals surface area contributed by atoms with Crippen molar-refractivity contribution in [3.05, 3.63) is 34.9 Å². The van der Waals surface area contributed by atoms with E-state index in [1.165, 1.54) is 38.5 Å². The van der Waals surface area contributed by atoms with Gasteiger partial charge in [0.15, 0.2) is 0 Å². The molecule has 0 bridgehead atoms. The average molecular weight is 286 g/mol. The van der Waals surface area contributed by atoms with Gasteiger partial charge in [0.05, 0.1) is 0 Å². The number of rotatable bonds is 4. The molecule has 1 aromatic carbocycles. The first-order valence-corrected chi connectivity index (χ1v) is 8.40. The van der Waals surface area contributed by atoms with E-state index in [1.807, 2.05) is 6.07 Å². The van der Waals surface area contributed by atoms with E-state index in [0.29, 0.717) is 0 Å². The van der Waals surface area contributed by atoms with Crippen molar-refractivity contribution >= 4 is 5.91 Å². The molecular formula is C18H26N2O. The third-order valence-corrected chi connectivity index (χ3v) is 5.10. The molecule has 3 N–H and O–H groups in total. The first kappa shape index (κ1) is 14.6. The summed E-state index contributed by atoms with van der Waals surface area (Å²) < 4.78 is 0. The lowest BCUT2D eigenvalue weighted by Crippen LogP contribution is -2.32. The van der Waals surface area contributed by atoms with E-state index in [2.05, 4.69) is 17.4 Å². The molecule has 1 heterocycles. The third-order valence-electron chi connectivity index (χ3n) is 5.10. The first-order valence-electron chi connectivity index (χ1n) is 8.40. The monoisotopic (exact) mass is 286 g/mol. The Morgan fingerprint density at radius 1 is 1.24 bits per heavy atom. The summed E-state index contributed by atoms with van der Waals surface area (Å²) >= 11 is 0. The molecule has 0 saturated heterocycles. The van der Waals surface area contributed by atoms with E-state index in [-0.39, 0.29) is 11.9 Å². The third kappa shape index (κ3) is 3.46. The van der Waals surface area contributed by atoms with E-state index < -0.39 is 0 Å². The molecule has 3 heteroatoms. The summed E-state index contributed by atoms with van der Waals surface area (Å²) in [6.45, 7) is 0.749.